The van der Waals surface area contributed by atoms with Gasteiger partial charge in [-0.2, -0.15) is 0 Å². The predicted molar refractivity (Wildman–Crippen MR) is 154 cm³/mol. The van der Waals surface area contributed by atoms with Gasteiger partial charge in [0, 0.05) is 12.2 Å². The number of nitrogens with one attached hydrogen (secondary N) is 2. The van der Waals surface area contributed by atoms with Crippen LogP contribution in [0.3, 0.4) is 0 Å². The Morgan fingerprint density at radius 3 is 2.54 bits per heavy atom. The molecule has 5 rings (SSSR count). The molecule has 0 radical (unpaired) electrons. The van der Waals surface area contributed by atoms with Crippen molar-refractivity contribution in [1.82, 2.24) is 10.2 Å². The molecule has 2 unspecified atom stereocenters. The summed E-state index contributed by atoms with van der Waals surface area (Å²) in [6, 6.07) is 15.2. The van der Waals surface area contributed by atoms with E-state index < -0.39 is 35.6 Å². The van der Waals surface area contributed by atoms with Crippen LogP contribution in [0.25, 0.3) is 0 Å². The fraction of sp³-hybridized carbons (Fsp3) is 0.531. The molecule has 9 heteroatoms. The maximum atomic E-state index is 14.3. The van der Waals surface area contributed by atoms with E-state index in [0.717, 1.165) is 24.8 Å². The summed E-state index contributed by atoms with van der Waals surface area (Å²) < 4.78 is 12.0. The Labute approximate surface area is 241 Å². The average molecular weight is 564 g/mol. The number of carbonyl (C=O) groups excluding carboxylic acids is 3. The molecular formula is C32H41N3O6. The molecule has 2 aromatic carbocycles. The van der Waals surface area contributed by atoms with Crippen LogP contribution in [0.5, 0.6) is 5.75 Å². The number of rotatable bonds is 13. The fourth-order valence-electron chi connectivity index (χ4n) is 6.93. The van der Waals surface area contributed by atoms with Gasteiger partial charge < -0.3 is 30.1 Å². The zero-order valence-electron chi connectivity index (χ0n) is 23.9. The molecule has 0 saturated carbocycles. The van der Waals surface area contributed by atoms with Crippen LogP contribution in [0.2, 0.25) is 0 Å². The summed E-state index contributed by atoms with van der Waals surface area (Å²) in [4.78, 5) is 43.4. The molecule has 2 aromatic rings. The second kappa shape index (κ2) is 12.6. The minimum absolute atomic E-state index is 0.281. The molecule has 3 heterocycles. The molecule has 41 heavy (non-hydrogen) atoms. The van der Waals surface area contributed by atoms with Crippen molar-refractivity contribution >= 4 is 23.4 Å². The number of unbranched alkanes of at least 4 members (excludes halogenated alkanes) is 2. The van der Waals surface area contributed by atoms with Gasteiger partial charge in [-0.1, -0.05) is 50.1 Å². The number of anilines is 1. The lowest BCUT2D eigenvalue weighted by Crippen LogP contribution is -2.58. The van der Waals surface area contributed by atoms with E-state index in [0.29, 0.717) is 43.9 Å². The summed E-state index contributed by atoms with van der Waals surface area (Å²) in [7, 11) is 0. The molecule has 6 atom stereocenters. The highest BCUT2D eigenvalue weighted by molar-refractivity contribution is 6.02. The van der Waals surface area contributed by atoms with Crippen LogP contribution in [-0.4, -0.2) is 71.3 Å². The molecule has 3 aliphatic heterocycles. The molecule has 3 N–H and O–H groups in total. The average Bonchev–Trinajstić information content (AvgIpc) is 3.63. The highest BCUT2D eigenvalue weighted by atomic mass is 16.5. The topological polar surface area (TPSA) is 117 Å². The second-order valence-electron chi connectivity index (χ2n) is 11.3. The highest BCUT2D eigenvalue weighted by Gasteiger charge is 2.75. The molecule has 220 valence electrons. The number of carbonyl (C=O) groups is 3. The predicted octanol–water partition coefficient (Wildman–Crippen LogP) is 3.31. The standard InChI is InChI=1S/C32H41N3O6/c1-3-5-9-18-33-30(38)28-32-17-16-25(41-32)26(29(37)34-22-12-14-24(15-13-22)40-4-2)27(32)31(39)35(28)23(20-36)19-21-10-7-6-8-11-21/h6-8,10-15,23,25-28,36H,3-5,9,16-20H2,1-2H3,(H,33,38)(H,34,37)/t23-,25+,26-,27+,28?,32?/m1/s1. The number of likely N-dealkylation sites (tertiary alicyclic amines) is 1. The largest absolute Gasteiger partial charge is 0.494 e. The number of amides is 3. The molecule has 3 saturated heterocycles. The summed E-state index contributed by atoms with van der Waals surface area (Å²) in [6.45, 7) is 4.74. The zero-order chi connectivity index (χ0) is 29.0. The quantitative estimate of drug-likeness (QED) is 0.322. The Bertz CT molecular complexity index is 1220. The summed E-state index contributed by atoms with van der Waals surface area (Å²) in [5, 5.41) is 16.5. The lowest BCUT2D eigenvalue weighted by Gasteiger charge is -2.36. The van der Waals surface area contributed by atoms with Gasteiger partial charge in [0.25, 0.3) is 0 Å². The number of nitrogens with zero attached hydrogens (tertiary/aromatic N) is 1. The van der Waals surface area contributed by atoms with Crippen LogP contribution in [0.15, 0.2) is 54.6 Å². The Morgan fingerprint density at radius 1 is 1.10 bits per heavy atom. The van der Waals surface area contributed by atoms with E-state index in [-0.39, 0.29) is 24.3 Å². The van der Waals surface area contributed by atoms with Crippen molar-refractivity contribution in [2.75, 3.05) is 25.1 Å². The Kier molecular flexibility index (Phi) is 8.94. The molecule has 0 aliphatic carbocycles. The first-order chi connectivity index (χ1) is 19.9. The zero-order valence-corrected chi connectivity index (χ0v) is 23.9. The first-order valence-corrected chi connectivity index (χ1v) is 14.9. The number of benzene rings is 2. The normalized spacial score (nSPS) is 27.0. The summed E-state index contributed by atoms with van der Waals surface area (Å²) >= 11 is 0. The molecule has 3 aliphatic rings. The van der Waals surface area contributed by atoms with Crippen LogP contribution in [0.1, 0.15) is 51.5 Å². The number of aliphatic hydroxyl groups is 1. The van der Waals surface area contributed by atoms with E-state index >= 15 is 0 Å². The van der Waals surface area contributed by atoms with Gasteiger partial charge in [0.05, 0.1) is 37.2 Å². The van der Waals surface area contributed by atoms with Crippen molar-refractivity contribution in [1.29, 1.82) is 0 Å². The third kappa shape index (κ3) is 5.57. The number of hydrogen-bond donors (Lipinski definition) is 3. The van der Waals surface area contributed by atoms with Crippen LogP contribution >= 0.6 is 0 Å². The van der Waals surface area contributed by atoms with Crippen molar-refractivity contribution in [2.45, 2.75) is 76.2 Å². The molecule has 1 spiro atoms. The number of hydrogen-bond acceptors (Lipinski definition) is 6. The second-order valence-corrected chi connectivity index (χ2v) is 11.3. The van der Waals surface area contributed by atoms with E-state index in [1.165, 1.54) is 4.90 Å². The maximum Gasteiger partial charge on any atom is 0.245 e. The van der Waals surface area contributed by atoms with Crippen molar-refractivity contribution in [2.24, 2.45) is 11.8 Å². The third-order valence-corrected chi connectivity index (χ3v) is 8.72. The van der Waals surface area contributed by atoms with E-state index in [4.69, 9.17) is 9.47 Å². The molecular weight excluding hydrogens is 522 g/mol. The Hall–Kier alpha value is -3.43. The molecule has 3 amide bonds. The first kappa shape index (κ1) is 29.1. The van der Waals surface area contributed by atoms with Crippen LogP contribution in [0, 0.1) is 11.8 Å². The van der Waals surface area contributed by atoms with Crippen LogP contribution < -0.4 is 15.4 Å². The number of aliphatic hydroxyl groups excluding tert-OH is 1. The van der Waals surface area contributed by atoms with Gasteiger partial charge >= 0.3 is 0 Å². The first-order valence-electron chi connectivity index (χ1n) is 14.9. The van der Waals surface area contributed by atoms with E-state index in [2.05, 4.69) is 17.6 Å². The fourth-order valence-corrected chi connectivity index (χ4v) is 6.93. The lowest BCUT2D eigenvalue weighted by molar-refractivity contribution is -0.145. The smallest absolute Gasteiger partial charge is 0.245 e. The molecule has 9 nitrogen and oxygen atoms in total. The van der Waals surface area contributed by atoms with Crippen LogP contribution in [-0.2, 0) is 25.5 Å². The molecule has 2 bridgehead atoms. The lowest BCUT2D eigenvalue weighted by atomic mass is 9.70. The molecule has 3 fully saturated rings. The van der Waals surface area contributed by atoms with Gasteiger partial charge in [0.15, 0.2) is 0 Å². The van der Waals surface area contributed by atoms with E-state index in [9.17, 15) is 19.5 Å². The number of ether oxygens (including phenoxy) is 2. The van der Waals surface area contributed by atoms with Crippen LogP contribution in [0.4, 0.5) is 5.69 Å². The van der Waals surface area contributed by atoms with E-state index in [1.807, 2.05) is 37.3 Å². The summed E-state index contributed by atoms with van der Waals surface area (Å²) in [5.41, 5.74) is 0.438. The minimum atomic E-state index is -1.11. The van der Waals surface area contributed by atoms with Gasteiger partial charge in [0.1, 0.15) is 17.4 Å². The molecule has 0 aromatic heterocycles. The summed E-state index contributed by atoms with van der Waals surface area (Å²) in [6.07, 6.45) is 3.87. The SMILES string of the molecule is CCCCCNC(=O)C1N([C@@H](CO)Cc2ccccc2)C(=O)[C@@H]2[C@H](C(=O)Nc3ccc(OCC)cc3)[C@@H]3CCC12O3. The van der Waals surface area contributed by atoms with Gasteiger partial charge in [-0.3, -0.25) is 14.4 Å². The van der Waals surface area contributed by atoms with Crippen molar-refractivity contribution in [3.05, 3.63) is 60.2 Å². The van der Waals surface area contributed by atoms with E-state index in [1.54, 1.807) is 24.3 Å². The monoisotopic (exact) mass is 563 g/mol. The number of fused-ring (bicyclic) bond motifs is 1. The third-order valence-electron chi connectivity index (χ3n) is 8.72. The Balaban J connectivity index is 1.43. The minimum Gasteiger partial charge on any atom is -0.494 e. The van der Waals surface area contributed by atoms with Gasteiger partial charge in [-0.25, -0.2) is 0 Å². The van der Waals surface area contributed by atoms with Crippen molar-refractivity contribution < 1.29 is 29.0 Å². The van der Waals surface area contributed by atoms with Gasteiger partial charge in [-0.15, -0.1) is 0 Å². The maximum absolute atomic E-state index is 14.3. The van der Waals surface area contributed by atoms with Gasteiger partial charge in [0.2, 0.25) is 17.7 Å². The highest BCUT2D eigenvalue weighted by Crippen LogP contribution is 2.59. The Morgan fingerprint density at radius 2 is 1.85 bits per heavy atom. The van der Waals surface area contributed by atoms with Crippen molar-refractivity contribution in [3.63, 3.8) is 0 Å². The van der Waals surface area contributed by atoms with Gasteiger partial charge in [-0.05, 0) is 62.4 Å². The summed E-state index contributed by atoms with van der Waals surface area (Å²) in [5.74, 6) is -1.72. The van der Waals surface area contributed by atoms with Crippen molar-refractivity contribution in [3.8, 4) is 5.75 Å².